The van der Waals surface area contributed by atoms with Crippen LogP contribution in [0.2, 0.25) is 0 Å². The Morgan fingerprint density at radius 1 is 1.14 bits per heavy atom. The molecule has 1 aromatic heterocycles. The lowest BCUT2D eigenvalue weighted by Gasteiger charge is -2.21. The van der Waals surface area contributed by atoms with E-state index in [1.807, 2.05) is 0 Å². The maximum Gasteiger partial charge on any atom is 0.254 e. The molecule has 1 heterocycles. The summed E-state index contributed by atoms with van der Waals surface area (Å²) in [6.45, 7) is 7.36. The number of aryl methyl sites for hydroxylation is 2. The normalized spacial score (nSPS) is 11.5. The number of likely N-dealkylation sites (N-methyl/N-ethyl adjacent to an activating group) is 1. The van der Waals surface area contributed by atoms with E-state index in [0.717, 1.165) is 0 Å². The number of sulfonamides is 1. The summed E-state index contributed by atoms with van der Waals surface area (Å²) in [5.41, 5.74) is 0.846. The number of rotatable bonds is 8. The average molecular weight is 423 g/mol. The summed E-state index contributed by atoms with van der Waals surface area (Å²) in [4.78, 5) is 26.3. The first-order valence-electron chi connectivity index (χ1n) is 9.19. The fourth-order valence-electron chi connectivity index (χ4n) is 2.81. The molecule has 1 aromatic carbocycles. The number of benzene rings is 1. The molecule has 0 bridgehead atoms. The molecule has 0 aliphatic rings. The fourth-order valence-corrected chi connectivity index (χ4v) is 4.29. The van der Waals surface area contributed by atoms with Crippen molar-refractivity contribution in [2.45, 2.75) is 32.6 Å². The van der Waals surface area contributed by atoms with Crippen LogP contribution in [0.3, 0.4) is 0 Å². The first-order valence-corrected chi connectivity index (χ1v) is 10.6. The van der Waals surface area contributed by atoms with Gasteiger partial charge in [0, 0.05) is 31.8 Å². The van der Waals surface area contributed by atoms with Gasteiger partial charge in [0.25, 0.3) is 5.91 Å². The molecule has 0 atom stereocenters. The van der Waals surface area contributed by atoms with E-state index < -0.39 is 21.8 Å². The minimum Gasteiger partial charge on any atom is -0.360 e. The highest BCUT2D eigenvalue weighted by atomic mass is 32.2. The molecule has 158 valence electrons. The SMILES string of the molecule is CCN(CC)S(=O)(=O)c1ccc(C)c(C(=O)N(C)CC(=O)Nc2cc(C)on2)c1. The molecule has 10 heteroatoms. The van der Waals surface area contributed by atoms with Crippen LogP contribution in [-0.4, -0.2) is 61.3 Å². The van der Waals surface area contributed by atoms with Gasteiger partial charge in [-0.15, -0.1) is 0 Å². The van der Waals surface area contributed by atoms with Gasteiger partial charge in [0.05, 0.1) is 11.4 Å². The van der Waals surface area contributed by atoms with Gasteiger partial charge in [-0.05, 0) is 31.5 Å². The molecule has 2 aromatic rings. The molecule has 0 radical (unpaired) electrons. The Kier molecular flexibility index (Phi) is 7.15. The molecule has 0 unspecified atom stereocenters. The molecule has 2 amide bonds. The summed E-state index contributed by atoms with van der Waals surface area (Å²) in [5.74, 6) is -0.0901. The Morgan fingerprint density at radius 2 is 1.79 bits per heavy atom. The van der Waals surface area contributed by atoms with Crippen molar-refractivity contribution in [3.63, 3.8) is 0 Å². The highest BCUT2D eigenvalue weighted by Crippen LogP contribution is 2.20. The van der Waals surface area contributed by atoms with Gasteiger partial charge >= 0.3 is 0 Å². The van der Waals surface area contributed by atoms with Gasteiger partial charge in [-0.2, -0.15) is 4.31 Å². The topological polar surface area (TPSA) is 113 Å². The Morgan fingerprint density at radius 3 is 2.34 bits per heavy atom. The Bertz CT molecular complexity index is 996. The van der Waals surface area contributed by atoms with Crippen LogP contribution < -0.4 is 5.32 Å². The maximum absolute atomic E-state index is 12.8. The third-order valence-corrected chi connectivity index (χ3v) is 6.45. The van der Waals surface area contributed by atoms with E-state index in [-0.39, 0.29) is 22.8 Å². The van der Waals surface area contributed by atoms with Crippen LogP contribution >= 0.6 is 0 Å². The Labute approximate surface area is 170 Å². The maximum atomic E-state index is 12.8. The zero-order valence-corrected chi connectivity index (χ0v) is 18.0. The van der Waals surface area contributed by atoms with E-state index in [1.54, 1.807) is 39.8 Å². The number of carbonyl (C=O) groups is 2. The first kappa shape index (κ1) is 22.6. The Balaban J connectivity index is 2.20. The second-order valence-electron chi connectivity index (χ2n) is 6.60. The van der Waals surface area contributed by atoms with E-state index in [2.05, 4.69) is 10.5 Å². The molecule has 0 spiro atoms. The third-order valence-electron chi connectivity index (χ3n) is 4.41. The van der Waals surface area contributed by atoms with Crippen LogP contribution in [0, 0.1) is 13.8 Å². The average Bonchev–Trinajstić information content (AvgIpc) is 3.06. The van der Waals surface area contributed by atoms with Crippen LogP contribution in [-0.2, 0) is 14.8 Å². The molecule has 0 aliphatic carbocycles. The van der Waals surface area contributed by atoms with Crippen molar-refractivity contribution in [2.75, 3.05) is 32.0 Å². The number of carbonyl (C=O) groups excluding carboxylic acids is 2. The lowest BCUT2D eigenvalue weighted by molar-refractivity contribution is -0.116. The van der Waals surface area contributed by atoms with Crippen molar-refractivity contribution in [1.29, 1.82) is 0 Å². The molecule has 2 rings (SSSR count). The molecule has 0 saturated carbocycles. The van der Waals surface area contributed by atoms with Crippen LogP contribution in [0.25, 0.3) is 0 Å². The number of amides is 2. The zero-order valence-electron chi connectivity index (χ0n) is 17.2. The molecule has 1 N–H and O–H groups in total. The predicted molar refractivity (Wildman–Crippen MR) is 108 cm³/mol. The van der Waals surface area contributed by atoms with E-state index in [9.17, 15) is 18.0 Å². The molecule has 29 heavy (non-hydrogen) atoms. The number of anilines is 1. The van der Waals surface area contributed by atoms with Gasteiger partial charge in [-0.25, -0.2) is 8.42 Å². The van der Waals surface area contributed by atoms with Gasteiger partial charge in [0.2, 0.25) is 15.9 Å². The minimum absolute atomic E-state index is 0.0473. The summed E-state index contributed by atoms with van der Waals surface area (Å²) in [6.07, 6.45) is 0. The van der Waals surface area contributed by atoms with Crippen molar-refractivity contribution < 1.29 is 22.5 Å². The predicted octanol–water partition coefficient (Wildman–Crippen LogP) is 2.03. The van der Waals surface area contributed by atoms with Crippen molar-refractivity contribution in [1.82, 2.24) is 14.4 Å². The monoisotopic (exact) mass is 422 g/mol. The van der Waals surface area contributed by atoms with E-state index in [4.69, 9.17) is 4.52 Å². The molecule has 0 saturated heterocycles. The first-order chi connectivity index (χ1) is 13.6. The zero-order chi connectivity index (χ0) is 21.8. The van der Waals surface area contributed by atoms with Crippen molar-refractivity contribution in [3.8, 4) is 0 Å². The minimum atomic E-state index is -3.70. The number of nitrogens with zero attached hydrogens (tertiary/aromatic N) is 3. The van der Waals surface area contributed by atoms with Gasteiger partial charge in [-0.3, -0.25) is 9.59 Å². The summed E-state index contributed by atoms with van der Waals surface area (Å²) in [5, 5.41) is 6.21. The van der Waals surface area contributed by atoms with Gasteiger partial charge in [-0.1, -0.05) is 25.1 Å². The quantitative estimate of drug-likeness (QED) is 0.696. The summed E-state index contributed by atoms with van der Waals surface area (Å²) >= 11 is 0. The summed E-state index contributed by atoms with van der Waals surface area (Å²) < 4.78 is 31.7. The highest BCUT2D eigenvalue weighted by Gasteiger charge is 2.25. The molecular formula is C19H26N4O5S. The third kappa shape index (κ3) is 5.21. The van der Waals surface area contributed by atoms with Crippen molar-refractivity contribution in [3.05, 3.63) is 41.2 Å². The number of hydrogen-bond donors (Lipinski definition) is 1. The molecular weight excluding hydrogens is 396 g/mol. The standard InChI is InChI=1S/C19H26N4O5S/c1-6-23(7-2)29(26,27)15-9-8-13(3)16(11-15)19(25)22(5)12-18(24)20-17-10-14(4)28-21-17/h8-11H,6-7,12H2,1-5H3,(H,20,21,24). The van der Waals surface area contributed by atoms with E-state index in [0.29, 0.717) is 24.4 Å². The molecule has 0 aliphatic heterocycles. The summed E-state index contributed by atoms with van der Waals surface area (Å²) in [7, 11) is -2.22. The second-order valence-corrected chi connectivity index (χ2v) is 8.54. The van der Waals surface area contributed by atoms with E-state index in [1.165, 1.54) is 28.4 Å². The fraction of sp³-hybridized carbons (Fsp3) is 0.421. The van der Waals surface area contributed by atoms with Gasteiger partial charge in [0.15, 0.2) is 5.82 Å². The van der Waals surface area contributed by atoms with E-state index >= 15 is 0 Å². The molecule has 0 fully saturated rings. The van der Waals surface area contributed by atoms with Crippen molar-refractivity contribution in [2.24, 2.45) is 0 Å². The Hall–Kier alpha value is -2.72. The smallest absolute Gasteiger partial charge is 0.254 e. The van der Waals surface area contributed by atoms with Crippen LogP contribution in [0.15, 0.2) is 33.7 Å². The van der Waals surface area contributed by atoms with Crippen LogP contribution in [0.1, 0.15) is 35.5 Å². The second kappa shape index (κ2) is 9.19. The van der Waals surface area contributed by atoms with Crippen LogP contribution in [0.5, 0.6) is 0 Å². The van der Waals surface area contributed by atoms with Crippen molar-refractivity contribution >= 4 is 27.7 Å². The largest absolute Gasteiger partial charge is 0.360 e. The highest BCUT2D eigenvalue weighted by molar-refractivity contribution is 7.89. The number of nitrogens with one attached hydrogen (secondary N) is 1. The molecule has 9 nitrogen and oxygen atoms in total. The lowest BCUT2D eigenvalue weighted by Crippen LogP contribution is -2.35. The summed E-state index contributed by atoms with van der Waals surface area (Å²) in [6, 6.07) is 6.00. The number of hydrogen-bond acceptors (Lipinski definition) is 6. The number of aromatic nitrogens is 1. The van der Waals surface area contributed by atoms with Gasteiger partial charge < -0.3 is 14.7 Å². The van der Waals surface area contributed by atoms with Crippen LogP contribution in [0.4, 0.5) is 5.82 Å². The lowest BCUT2D eigenvalue weighted by atomic mass is 10.1. The van der Waals surface area contributed by atoms with Gasteiger partial charge in [0.1, 0.15) is 5.76 Å².